The topological polar surface area (TPSA) is 98.3 Å². The fourth-order valence-electron chi connectivity index (χ4n) is 1.73. The van der Waals surface area contributed by atoms with Crippen molar-refractivity contribution in [3.63, 3.8) is 0 Å². The van der Waals surface area contributed by atoms with E-state index in [9.17, 15) is 0 Å². The molecule has 0 aliphatic rings. The van der Waals surface area contributed by atoms with Gasteiger partial charge in [-0.2, -0.15) is 15.1 Å². The Morgan fingerprint density at radius 2 is 2.12 bits per heavy atom. The number of fused-ring (bicyclic) bond motifs is 1. The highest BCUT2D eigenvalue weighted by Crippen LogP contribution is 2.20. The molecule has 86 valence electrons. The third kappa shape index (κ3) is 1.36. The maximum atomic E-state index is 5.67. The zero-order valence-corrected chi connectivity index (χ0v) is 9.47. The van der Waals surface area contributed by atoms with Crippen LogP contribution in [0.3, 0.4) is 0 Å². The van der Waals surface area contributed by atoms with Crippen molar-refractivity contribution in [2.24, 2.45) is 0 Å². The lowest BCUT2D eigenvalue weighted by Crippen LogP contribution is -2.04. The van der Waals surface area contributed by atoms with Crippen LogP contribution >= 0.6 is 0 Å². The second-order valence-corrected chi connectivity index (χ2v) is 3.82. The molecule has 3 aromatic heterocycles. The Bertz CT molecular complexity index is 694. The molecule has 3 heterocycles. The van der Waals surface area contributed by atoms with E-state index < -0.39 is 0 Å². The van der Waals surface area contributed by atoms with Crippen LogP contribution in [0.1, 0.15) is 11.4 Å². The molecule has 0 saturated heterocycles. The highest BCUT2D eigenvalue weighted by atomic mass is 15.2. The first-order valence-electron chi connectivity index (χ1n) is 5.14. The number of aryl methyl sites for hydroxylation is 1. The minimum atomic E-state index is 0.211. The number of nitrogens with one attached hydrogen (secondary N) is 1. The van der Waals surface area contributed by atoms with E-state index in [1.807, 2.05) is 18.4 Å². The number of rotatable bonds is 1. The molecule has 0 fully saturated rings. The van der Waals surface area contributed by atoms with Gasteiger partial charge in [-0.1, -0.05) is 0 Å². The molecule has 3 aromatic rings. The minimum absolute atomic E-state index is 0.211. The lowest BCUT2D eigenvalue weighted by atomic mass is 10.3. The number of aromatic amines is 1. The Morgan fingerprint density at radius 3 is 2.82 bits per heavy atom. The molecule has 7 nitrogen and oxygen atoms in total. The predicted octanol–water partition coefficient (Wildman–Crippen LogP) is 0.738. The maximum Gasteiger partial charge on any atom is 0.224 e. The standard InChI is InChI=1S/C10H11N7/c1-5-6(2)17(4-12-5)9-7-3-13-16-8(7)14-10(11)15-9/h3-4H,1-2H3,(H3,11,13,14,15,16). The summed E-state index contributed by atoms with van der Waals surface area (Å²) >= 11 is 0. The van der Waals surface area contributed by atoms with Crippen LogP contribution in [-0.2, 0) is 0 Å². The SMILES string of the molecule is Cc1ncn(-c2nc(N)nc3[nH]ncc23)c1C. The van der Waals surface area contributed by atoms with E-state index in [0.717, 1.165) is 16.8 Å². The normalized spacial score (nSPS) is 11.2. The van der Waals surface area contributed by atoms with Crippen molar-refractivity contribution < 1.29 is 0 Å². The quantitative estimate of drug-likeness (QED) is 0.641. The van der Waals surface area contributed by atoms with Gasteiger partial charge in [-0.05, 0) is 13.8 Å². The largest absolute Gasteiger partial charge is 0.368 e. The van der Waals surface area contributed by atoms with Gasteiger partial charge in [0.15, 0.2) is 11.5 Å². The molecular formula is C10H11N7. The average Bonchev–Trinajstić information content (AvgIpc) is 2.87. The van der Waals surface area contributed by atoms with Gasteiger partial charge in [-0.25, -0.2) is 4.98 Å². The lowest BCUT2D eigenvalue weighted by molar-refractivity contribution is 0.956. The summed E-state index contributed by atoms with van der Waals surface area (Å²) in [5, 5.41) is 7.55. The summed E-state index contributed by atoms with van der Waals surface area (Å²) in [6.07, 6.45) is 3.40. The number of nitrogen functional groups attached to an aromatic ring is 1. The number of hydrogen-bond acceptors (Lipinski definition) is 5. The Balaban J connectivity index is 2.36. The summed E-state index contributed by atoms with van der Waals surface area (Å²) in [5.74, 6) is 0.904. The molecule has 0 spiro atoms. The highest BCUT2D eigenvalue weighted by Gasteiger charge is 2.12. The Labute approximate surface area is 96.7 Å². The first-order chi connectivity index (χ1) is 8.16. The fraction of sp³-hybridized carbons (Fsp3) is 0.200. The van der Waals surface area contributed by atoms with E-state index in [-0.39, 0.29) is 5.95 Å². The van der Waals surface area contributed by atoms with Gasteiger partial charge < -0.3 is 5.73 Å². The van der Waals surface area contributed by atoms with Crippen molar-refractivity contribution in [1.82, 2.24) is 29.7 Å². The maximum absolute atomic E-state index is 5.67. The molecular weight excluding hydrogens is 218 g/mol. The summed E-state index contributed by atoms with van der Waals surface area (Å²) in [6, 6.07) is 0. The van der Waals surface area contributed by atoms with Crippen LogP contribution in [0.15, 0.2) is 12.5 Å². The van der Waals surface area contributed by atoms with E-state index in [1.165, 1.54) is 0 Å². The number of imidazole rings is 1. The molecule has 0 atom stereocenters. The third-order valence-electron chi connectivity index (χ3n) is 2.79. The first-order valence-corrected chi connectivity index (χ1v) is 5.14. The monoisotopic (exact) mass is 229 g/mol. The molecule has 17 heavy (non-hydrogen) atoms. The zero-order chi connectivity index (χ0) is 12.0. The number of anilines is 1. The summed E-state index contributed by atoms with van der Waals surface area (Å²) in [6.45, 7) is 3.93. The molecule has 0 bridgehead atoms. The van der Waals surface area contributed by atoms with Crippen molar-refractivity contribution >= 4 is 17.0 Å². The summed E-state index contributed by atoms with van der Waals surface area (Å²) in [4.78, 5) is 12.6. The minimum Gasteiger partial charge on any atom is -0.368 e. The van der Waals surface area contributed by atoms with Crippen molar-refractivity contribution in [3.05, 3.63) is 23.9 Å². The number of nitrogens with zero attached hydrogens (tertiary/aromatic N) is 5. The lowest BCUT2D eigenvalue weighted by Gasteiger charge is -2.06. The van der Waals surface area contributed by atoms with E-state index >= 15 is 0 Å². The Hall–Kier alpha value is -2.44. The number of hydrogen-bond donors (Lipinski definition) is 2. The molecule has 0 radical (unpaired) electrons. The second kappa shape index (κ2) is 3.27. The van der Waals surface area contributed by atoms with Gasteiger partial charge in [0.2, 0.25) is 5.95 Å². The Morgan fingerprint density at radius 1 is 1.29 bits per heavy atom. The molecule has 0 aliphatic heterocycles. The number of nitrogens with two attached hydrogens (primary N) is 1. The zero-order valence-electron chi connectivity index (χ0n) is 9.47. The van der Waals surface area contributed by atoms with Gasteiger partial charge in [0.25, 0.3) is 0 Å². The fourth-order valence-corrected chi connectivity index (χ4v) is 1.73. The Kier molecular flexibility index (Phi) is 1.88. The van der Waals surface area contributed by atoms with Gasteiger partial charge in [0.1, 0.15) is 6.33 Å². The molecule has 0 aliphatic carbocycles. The number of H-pyrrole nitrogens is 1. The molecule has 0 aromatic carbocycles. The molecule has 0 amide bonds. The van der Waals surface area contributed by atoms with E-state index in [2.05, 4.69) is 25.1 Å². The summed E-state index contributed by atoms with van der Waals surface area (Å²) in [7, 11) is 0. The summed E-state index contributed by atoms with van der Waals surface area (Å²) in [5.41, 5.74) is 8.27. The molecule has 7 heteroatoms. The van der Waals surface area contributed by atoms with Crippen LogP contribution in [-0.4, -0.2) is 29.7 Å². The van der Waals surface area contributed by atoms with Crippen LogP contribution in [0.4, 0.5) is 5.95 Å². The predicted molar refractivity (Wildman–Crippen MR) is 62.7 cm³/mol. The van der Waals surface area contributed by atoms with Crippen LogP contribution in [0.2, 0.25) is 0 Å². The third-order valence-corrected chi connectivity index (χ3v) is 2.79. The highest BCUT2D eigenvalue weighted by molar-refractivity contribution is 5.82. The van der Waals surface area contributed by atoms with E-state index in [1.54, 1.807) is 12.5 Å². The van der Waals surface area contributed by atoms with Crippen LogP contribution in [0.5, 0.6) is 0 Å². The van der Waals surface area contributed by atoms with E-state index in [0.29, 0.717) is 11.5 Å². The number of aromatic nitrogens is 6. The van der Waals surface area contributed by atoms with E-state index in [4.69, 9.17) is 5.73 Å². The van der Waals surface area contributed by atoms with Gasteiger partial charge in [-0.15, -0.1) is 0 Å². The van der Waals surface area contributed by atoms with Crippen LogP contribution in [0, 0.1) is 13.8 Å². The van der Waals surface area contributed by atoms with Gasteiger partial charge in [-0.3, -0.25) is 9.67 Å². The molecule has 3 rings (SSSR count). The molecule has 3 N–H and O–H groups in total. The van der Waals surface area contributed by atoms with Gasteiger partial charge in [0.05, 0.1) is 17.3 Å². The van der Waals surface area contributed by atoms with Crippen molar-refractivity contribution in [2.75, 3.05) is 5.73 Å². The van der Waals surface area contributed by atoms with Crippen molar-refractivity contribution in [1.29, 1.82) is 0 Å². The van der Waals surface area contributed by atoms with Gasteiger partial charge in [0, 0.05) is 5.69 Å². The van der Waals surface area contributed by atoms with Crippen molar-refractivity contribution in [2.45, 2.75) is 13.8 Å². The average molecular weight is 229 g/mol. The summed E-state index contributed by atoms with van der Waals surface area (Å²) < 4.78 is 1.88. The molecule has 0 saturated carbocycles. The molecule has 0 unspecified atom stereocenters. The first kappa shape index (κ1) is 9.76. The smallest absolute Gasteiger partial charge is 0.224 e. The van der Waals surface area contributed by atoms with Crippen LogP contribution < -0.4 is 5.73 Å². The van der Waals surface area contributed by atoms with Crippen LogP contribution in [0.25, 0.3) is 16.9 Å². The van der Waals surface area contributed by atoms with Crippen molar-refractivity contribution in [3.8, 4) is 5.82 Å². The van der Waals surface area contributed by atoms with Gasteiger partial charge >= 0.3 is 0 Å². The second-order valence-electron chi connectivity index (χ2n) is 3.82.